The molecular weight excluding hydrogens is 184 g/mol. The molecule has 0 saturated heterocycles. The van der Waals surface area contributed by atoms with Crippen molar-refractivity contribution in [2.75, 3.05) is 12.8 Å². The van der Waals surface area contributed by atoms with Crippen LogP contribution in [0.2, 0.25) is 0 Å². The summed E-state index contributed by atoms with van der Waals surface area (Å²) in [5.74, 6) is -0.369. The molecule has 2 rings (SSSR count). The van der Waals surface area contributed by atoms with Gasteiger partial charge in [0.2, 0.25) is 5.95 Å². The maximum atomic E-state index is 11.3. The zero-order valence-corrected chi connectivity index (χ0v) is 7.70. The third kappa shape index (κ3) is 1.29. The Morgan fingerprint density at radius 2 is 2.29 bits per heavy atom. The number of fused-ring (bicyclic) bond motifs is 1. The highest BCUT2D eigenvalue weighted by atomic mass is 16.5. The summed E-state index contributed by atoms with van der Waals surface area (Å²) in [6.45, 7) is 1.20. The number of nitrogen functional groups attached to an aromatic ring is 1. The predicted octanol–water partition coefficient (Wildman–Crippen LogP) is -0.551. The second-order valence-electron chi connectivity index (χ2n) is 2.95. The van der Waals surface area contributed by atoms with E-state index in [9.17, 15) is 4.79 Å². The average Bonchev–Trinajstić information content (AvgIpc) is 2.62. The van der Waals surface area contributed by atoms with E-state index >= 15 is 0 Å². The summed E-state index contributed by atoms with van der Waals surface area (Å²) in [7, 11) is 1.31. The van der Waals surface area contributed by atoms with Gasteiger partial charge < -0.3 is 15.8 Å². The van der Waals surface area contributed by atoms with Crippen LogP contribution in [0.1, 0.15) is 21.7 Å². The molecular formula is C8H10N4O2. The smallest absolute Gasteiger partial charge is 0.357 e. The van der Waals surface area contributed by atoms with Crippen molar-refractivity contribution in [3.05, 3.63) is 17.0 Å². The molecule has 0 unspecified atom stereocenters. The van der Waals surface area contributed by atoms with E-state index in [1.807, 2.05) is 0 Å². The van der Waals surface area contributed by atoms with E-state index in [1.165, 1.54) is 7.11 Å². The molecule has 6 heteroatoms. The topological polar surface area (TPSA) is 90.1 Å². The van der Waals surface area contributed by atoms with Gasteiger partial charge in [-0.1, -0.05) is 0 Å². The summed E-state index contributed by atoms with van der Waals surface area (Å²) in [6.07, 6.45) is 0. The number of carbonyl (C=O) groups excluding carboxylic acids is 1. The standard InChI is InChI=1S/C8H10N4O2/c1-14-7(13)6-4-2-10-3-5(4)11-8(9)12-6/h10H,2-3H2,1H3,(H2,9,11,12). The first-order valence-corrected chi connectivity index (χ1v) is 4.16. The number of hydrogen-bond acceptors (Lipinski definition) is 6. The van der Waals surface area contributed by atoms with Gasteiger partial charge in [-0.3, -0.25) is 0 Å². The van der Waals surface area contributed by atoms with Crippen molar-refractivity contribution in [1.29, 1.82) is 0 Å². The molecule has 0 atom stereocenters. The van der Waals surface area contributed by atoms with Crippen molar-refractivity contribution in [3.63, 3.8) is 0 Å². The Balaban J connectivity index is 2.54. The van der Waals surface area contributed by atoms with Gasteiger partial charge in [0.15, 0.2) is 5.69 Å². The number of hydrogen-bond donors (Lipinski definition) is 2. The minimum absolute atomic E-state index is 0.104. The van der Waals surface area contributed by atoms with Crippen molar-refractivity contribution in [1.82, 2.24) is 15.3 Å². The quantitative estimate of drug-likeness (QED) is 0.583. The number of carbonyl (C=O) groups is 1. The average molecular weight is 194 g/mol. The number of nitrogens with one attached hydrogen (secondary N) is 1. The molecule has 0 bridgehead atoms. The highest BCUT2D eigenvalue weighted by molar-refractivity contribution is 5.89. The molecule has 1 aromatic rings. The lowest BCUT2D eigenvalue weighted by Crippen LogP contribution is -2.12. The van der Waals surface area contributed by atoms with Crippen LogP contribution in [0.15, 0.2) is 0 Å². The van der Waals surface area contributed by atoms with E-state index in [0.717, 1.165) is 11.3 Å². The molecule has 14 heavy (non-hydrogen) atoms. The normalized spacial score (nSPS) is 13.8. The summed E-state index contributed by atoms with van der Waals surface area (Å²) < 4.78 is 4.60. The van der Waals surface area contributed by atoms with Crippen LogP contribution in [0.4, 0.5) is 5.95 Å². The third-order valence-electron chi connectivity index (χ3n) is 2.08. The lowest BCUT2D eigenvalue weighted by Gasteiger charge is -2.04. The Morgan fingerprint density at radius 3 is 3.00 bits per heavy atom. The number of ether oxygens (including phenoxy) is 1. The second kappa shape index (κ2) is 3.22. The Hall–Kier alpha value is -1.69. The molecule has 74 valence electrons. The highest BCUT2D eigenvalue weighted by Crippen LogP contribution is 2.18. The largest absolute Gasteiger partial charge is 0.464 e. The summed E-state index contributed by atoms with van der Waals surface area (Å²) >= 11 is 0. The first-order valence-electron chi connectivity index (χ1n) is 4.16. The zero-order chi connectivity index (χ0) is 10.1. The number of anilines is 1. The van der Waals surface area contributed by atoms with Gasteiger partial charge in [0, 0.05) is 18.7 Å². The van der Waals surface area contributed by atoms with Crippen LogP contribution in [0.25, 0.3) is 0 Å². The predicted molar refractivity (Wildman–Crippen MR) is 48.3 cm³/mol. The summed E-state index contributed by atoms with van der Waals surface area (Å²) in [5, 5.41) is 3.07. The van der Waals surface area contributed by atoms with Crippen molar-refractivity contribution in [2.45, 2.75) is 13.1 Å². The molecule has 6 nitrogen and oxygen atoms in total. The molecule has 2 heterocycles. The molecule has 0 saturated carbocycles. The Bertz CT molecular complexity index is 391. The molecule has 3 N–H and O–H groups in total. The number of esters is 1. The van der Waals surface area contributed by atoms with Crippen LogP contribution in [0.3, 0.4) is 0 Å². The SMILES string of the molecule is COC(=O)c1nc(N)nc2c1CNC2. The molecule has 0 aromatic carbocycles. The van der Waals surface area contributed by atoms with Crippen LogP contribution in [0, 0.1) is 0 Å². The van der Waals surface area contributed by atoms with Gasteiger partial charge in [-0.2, -0.15) is 0 Å². The fourth-order valence-electron chi connectivity index (χ4n) is 1.45. The van der Waals surface area contributed by atoms with Crippen molar-refractivity contribution in [3.8, 4) is 0 Å². The number of aromatic nitrogens is 2. The van der Waals surface area contributed by atoms with Crippen LogP contribution >= 0.6 is 0 Å². The van der Waals surface area contributed by atoms with E-state index in [0.29, 0.717) is 13.1 Å². The number of nitrogens with two attached hydrogens (primary N) is 1. The Labute approximate surface area is 80.5 Å². The fourth-order valence-corrected chi connectivity index (χ4v) is 1.45. The second-order valence-corrected chi connectivity index (χ2v) is 2.95. The molecule has 0 spiro atoms. The maximum absolute atomic E-state index is 11.3. The minimum Gasteiger partial charge on any atom is -0.464 e. The van der Waals surface area contributed by atoms with Gasteiger partial charge in [0.1, 0.15) is 0 Å². The van der Waals surface area contributed by atoms with Gasteiger partial charge in [0.25, 0.3) is 0 Å². The first kappa shape index (κ1) is 8.89. The lowest BCUT2D eigenvalue weighted by atomic mass is 10.2. The third-order valence-corrected chi connectivity index (χ3v) is 2.08. The van der Waals surface area contributed by atoms with Gasteiger partial charge in [0.05, 0.1) is 12.8 Å². The van der Waals surface area contributed by atoms with E-state index in [-0.39, 0.29) is 11.6 Å². The van der Waals surface area contributed by atoms with E-state index in [2.05, 4.69) is 20.0 Å². The summed E-state index contributed by atoms with van der Waals surface area (Å²) in [4.78, 5) is 19.2. The van der Waals surface area contributed by atoms with Crippen molar-refractivity contribution >= 4 is 11.9 Å². The molecule has 1 aromatic heterocycles. The molecule has 0 aliphatic carbocycles. The monoisotopic (exact) mass is 194 g/mol. The van der Waals surface area contributed by atoms with Gasteiger partial charge >= 0.3 is 5.97 Å². The molecule has 0 radical (unpaired) electrons. The summed E-state index contributed by atoms with van der Waals surface area (Å²) in [6, 6.07) is 0. The van der Waals surface area contributed by atoms with Gasteiger partial charge in [-0.25, -0.2) is 14.8 Å². The van der Waals surface area contributed by atoms with Crippen LogP contribution in [-0.2, 0) is 17.8 Å². The minimum atomic E-state index is -0.473. The number of rotatable bonds is 1. The van der Waals surface area contributed by atoms with E-state index in [1.54, 1.807) is 0 Å². The van der Waals surface area contributed by atoms with E-state index in [4.69, 9.17) is 5.73 Å². The molecule has 1 aliphatic rings. The summed E-state index contributed by atoms with van der Waals surface area (Å²) in [5.41, 5.74) is 7.29. The van der Waals surface area contributed by atoms with E-state index < -0.39 is 5.97 Å². The molecule has 0 amide bonds. The zero-order valence-electron chi connectivity index (χ0n) is 7.70. The van der Waals surface area contributed by atoms with Crippen molar-refractivity contribution in [2.24, 2.45) is 0 Å². The first-order chi connectivity index (χ1) is 6.72. The Kier molecular flexibility index (Phi) is 2.05. The highest BCUT2D eigenvalue weighted by Gasteiger charge is 2.22. The molecule has 0 fully saturated rings. The lowest BCUT2D eigenvalue weighted by molar-refractivity contribution is 0.0592. The fraction of sp³-hybridized carbons (Fsp3) is 0.375. The van der Waals surface area contributed by atoms with Gasteiger partial charge in [-0.05, 0) is 0 Å². The van der Waals surface area contributed by atoms with Gasteiger partial charge in [-0.15, -0.1) is 0 Å². The van der Waals surface area contributed by atoms with Crippen molar-refractivity contribution < 1.29 is 9.53 Å². The van der Waals surface area contributed by atoms with Crippen LogP contribution in [0.5, 0.6) is 0 Å². The van der Waals surface area contributed by atoms with Crippen LogP contribution < -0.4 is 11.1 Å². The number of methoxy groups -OCH3 is 1. The maximum Gasteiger partial charge on any atom is 0.357 e. The number of nitrogens with zero attached hydrogens (tertiary/aromatic N) is 2. The Morgan fingerprint density at radius 1 is 1.50 bits per heavy atom. The molecule has 1 aliphatic heterocycles. The van der Waals surface area contributed by atoms with Crippen LogP contribution in [-0.4, -0.2) is 23.0 Å².